The molecule has 0 radical (unpaired) electrons. The van der Waals surface area contributed by atoms with Crippen LogP contribution in [0.1, 0.15) is 89.9 Å². The highest BCUT2D eigenvalue weighted by atomic mass is 79.9. The zero-order valence-electron chi connectivity index (χ0n) is 34.1. The molecule has 4 saturated heterocycles. The lowest BCUT2D eigenvalue weighted by atomic mass is 10.2. The van der Waals surface area contributed by atoms with Crippen molar-refractivity contribution >= 4 is 105 Å². The molecule has 0 spiro atoms. The van der Waals surface area contributed by atoms with Gasteiger partial charge in [0.2, 0.25) is 17.7 Å². The first-order valence-electron chi connectivity index (χ1n) is 19.8. The Bertz CT molecular complexity index is 1720. The number of hydrogen-bond donors (Lipinski definition) is 0. The topological polar surface area (TPSA) is 316 Å². The second kappa shape index (κ2) is 23.5. The molecule has 0 N–H and O–H groups in total. The second-order valence-corrected chi connectivity index (χ2v) is 14.6. The van der Waals surface area contributed by atoms with E-state index in [-0.39, 0.29) is 64.5 Å². The van der Waals surface area contributed by atoms with Crippen molar-refractivity contribution in [1.82, 2.24) is 35.0 Å². The Balaban J connectivity index is 1.41. The molecule has 27 heteroatoms. The van der Waals surface area contributed by atoms with Crippen LogP contribution in [0.15, 0.2) is 11.1 Å². The van der Waals surface area contributed by atoms with E-state index >= 15 is 0 Å². The van der Waals surface area contributed by atoms with Crippen LogP contribution < -0.4 is 0 Å². The minimum atomic E-state index is -1.09. The Morgan fingerprint density at radius 1 is 0.391 bits per heavy atom. The van der Waals surface area contributed by atoms with Crippen LogP contribution in [0.3, 0.4) is 0 Å². The van der Waals surface area contributed by atoms with Gasteiger partial charge in [0.25, 0.3) is 47.3 Å². The fourth-order valence-electron chi connectivity index (χ4n) is 6.12. The third-order valence-electron chi connectivity index (χ3n) is 9.55. The van der Waals surface area contributed by atoms with Gasteiger partial charge in [-0.2, -0.15) is 0 Å². The van der Waals surface area contributed by atoms with Crippen LogP contribution in [0.25, 0.3) is 0 Å². The summed E-state index contributed by atoms with van der Waals surface area (Å²) in [6.45, 7) is -2.55. The minimum absolute atomic E-state index is 0.177. The van der Waals surface area contributed by atoms with Crippen molar-refractivity contribution in [1.29, 1.82) is 0 Å². The van der Waals surface area contributed by atoms with Gasteiger partial charge >= 0.3 is 23.9 Å². The van der Waals surface area contributed by atoms with Crippen LogP contribution >= 0.6 is 15.9 Å². The van der Waals surface area contributed by atoms with Gasteiger partial charge in [-0.15, -0.1) is 20.3 Å². The number of carbonyl (C=O) groups excluding carboxylic acids is 15. The lowest BCUT2D eigenvalue weighted by Crippen LogP contribution is -2.42. The molecule has 0 aromatic rings. The third kappa shape index (κ3) is 14.3. The molecule has 0 bridgehead atoms. The molecular formula is C37H42BrN7O19. The maximum atomic E-state index is 13.6. The molecule has 4 aliphatic heterocycles. The highest BCUT2D eigenvalue weighted by molar-refractivity contribution is 9.11. The predicted octanol–water partition coefficient (Wildman–Crippen LogP) is -1.85. The molecule has 26 nitrogen and oxygen atoms in total. The van der Waals surface area contributed by atoms with Crippen LogP contribution in [-0.2, 0) is 91.3 Å². The molecule has 4 rings (SSSR count). The van der Waals surface area contributed by atoms with Crippen molar-refractivity contribution in [3.8, 4) is 0 Å². The van der Waals surface area contributed by atoms with E-state index in [9.17, 15) is 71.9 Å². The summed E-state index contributed by atoms with van der Waals surface area (Å²) in [6, 6.07) is 0. The molecule has 4 heterocycles. The van der Waals surface area contributed by atoms with Crippen LogP contribution in [0.2, 0.25) is 0 Å². The standard InChI is InChI=1S/C37H42BrN7O19/c38-16-9-23(46)39(17-10-24(47)40(19-12-34(57)61-42-26(49)1-2-27(42)50)20-13-35(58)62-43-28(51)3-4-29(43)52)18-11-25(48)41(21-14-36(59)63-44-30(53)5-6-31(44)54)22-15-37(60)64-45-32(55)7-8-33(45)56/h9,16H,1-8,10-15,17-22H2/b16-9+. The first-order valence-corrected chi connectivity index (χ1v) is 20.7. The van der Waals surface area contributed by atoms with Crippen molar-refractivity contribution in [2.45, 2.75) is 89.9 Å². The van der Waals surface area contributed by atoms with Crippen molar-refractivity contribution in [2.24, 2.45) is 0 Å². The van der Waals surface area contributed by atoms with E-state index < -0.39 is 154 Å². The Labute approximate surface area is 370 Å². The number of hydroxylamine groups is 8. The molecule has 11 amide bonds. The summed E-state index contributed by atoms with van der Waals surface area (Å²) in [5.41, 5.74) is 0. The fourth-order valence-corrected chi connectivity index (χ4v) is 6.34. The third-order valence-corrected chi connectivity index (χ3v) is 9.82. The van der Waals surface area contributed by atoms with Gasteiger partial charge in [0.05, 0.1) is 25.7 Å². The average Bonchev–Trinajstić information content (AvgIpc) is 3.96. The van der Waals surface area contributed by atoms with Crippen LogP contribution in [0, 0.1) is 0 Å². The number of imide groups is 4. The normalized spacial score (nSPS) is 16.3. The monoisotopic (exact) mass is 967 g/mol. The summed E-state index contributed by atoms with van der Waals surface area (Å²) in [7, 11) is 0. The van der Waals surface area contributed by atoms with Crippen molar-refractivity contribution < 1.29 is 91.3 Å². The first-order chi connectivity index (χ1) is 30.4. The van der Waals surface area contributed by atoms with Crippen LogP contribution in [0.4, 0.5) is 0 Å². The van der Waals surface area contributed by atoms with Gasteiger partial charge in [-0.25, -0.2) is 19.2 Å². The number of carbonyl (C=O) groups is 15. The molecule has 0 unspecified atom stereocenters. The van der Waals surface area contributed by atoms with Gasteiger partial charge in [0.15, 0.2) is 0 Å². The molecule has 0 aromatic carbocycles. The van der Waals surface area contributed by atoms with Gasteiger partial charge < -0.3 is 34.1 Å². The van der Waals surface area contributed by atoms with Crippen LogP contribution in [0.5, 0.6) is 0 Å². The number of hydrogen-bond acceptors (Lipinski definition) is 19. The molecule has 4 aliphatic rings. The molecule has 64 heavy (non-hydrogen) atoms. The van der Waals surface area contributed by atoms with E-state index in [4.69, 9.17) is 19.4 Å². The van der Waals surface area contributed by atoms with Crippen molar-refractivity contribution in [2.75, 3.05) is 39.3 Å². The summed E-state index contributed by atoms with van der Waals surface area (Å²) in [5, 5.41) is 1.20. The molecule has 0 atom stereocenters. The minimum Gasteiger partial charge on any atom is -0.341 e. The second-order valence-electron chi connectivity index (χ2n) is 14.1. The summed E-state index contributed by atoms with van der Waals surface area (Å²) >= 11 is 2.98. The van der Waals surface area contributed by atoms with Gasteiger partial charge in [0.1, 0.15) is 0 Å². The van der Waals surface area contributed by atoms with Crippen molar-refractivity contribution in [3.63, 3.8) is 0 Å². The molecule has 346 valence electrons. The maximum absolute atomic E-state index is 13.6. The molecule has 0 saturated carbocycles. The summed E-state index contributed by atoms with van der Waals surface area (Å²) in [4.78, 5) is 209. The first kappa shape index (κ1) is 49.7. The number of rotatable bonds is 23. The van der Waals surface area contributed by atoms with E-state index in [0.717, 1.165) is 20.8 Å². The zero-order chi connectivity index (χ0) is 47.1. The quantitative estimate of drug-likeness (QED) is 0.0801. The summed E-state index contributed by atoms with van der Waals surface area (Å²) in [5.74, 6) is -12.6. The molecule has 4 fully saturated rings. The Morgan fingerprint density at radius 2 is 0.609 bits per heavy atom. The van der Waals surface area contributed by atoms with Gasteiger partial charge in [-0.3, -0.25) is 52.7 Å². The number of halogens is 1. The summed E-state index contributed by atoms with van der Waals surface area (Å²) < 4.78 is 0. The Morgan fingerprint density at radius 3 is 0.828 bits per heavy atom. The Kier molecular flexibility index (Phi) is 18.3. The average molecular weight is 969 g/mol. The number of amides is 11. The molecule has 0 aliphatic carbocycles. The zero-order valence-corrected chi connectivity index (χ0v) is 35.6. The van der Waals surface area contributed by atoms with Gasteiger partial charge in [-0.1, -0.05) is 15.9 Å². The lowest BCUT2D eigenvalue weighted by molar-refractivity contribution is -0.198. The van der Waals surface area contributed by atoms with Crippen molar-refractivity contribution in [3.05, 3.63) is 11.1 Å². The van der Waals surface area contributed by atoms with Gasteiger partial charge in [-0.05, 0) is 4.99 Å². The SMILES string of the molecule is O=C(CCN(CCC(=O)ON1C(=O)CCC1=O)C(=O)CCN(CCC(=O)N(CCC(=O)ON1C(=O)CCC1=O)CCC(=O)ON1C(=O)CCC1=O)C(=O)/C=C/Br)ON1C(=O)CCC1=O. The predicted molar refractivity (Wildman–Crippen MR) is 204 cm³/mol. The largest absolute Gasteiger partial charge is 0.341 e. The molecule has 0 aromatic heterocycles. The smallest absolute Gasteiger partial charge is 0.334 e. The Hall–Kier alpha value is -6.93. The molecular weight excluding hydrogens is 926 g/mol. The van der Waals surface area contributed by atoms with E-state index in [1.54, 1.807) is 0 Å². The summed E-state index contributed by atoms with van der Waals surface area (Å²) in [6.07, 6.45) is -3.70. The van der Waals surface area contributed by atoms with E-state index in [2.05, 4.69) is 15.9 Å². The maximum Gasteiger partial charge on any atom is 0.334 e. The van der Waals surface area contributed by atoms with E-state index in [1.165, 1.54) is 4.99 Å². The van der Waals surface area contributed by atoms with Crippen LogP contribution in [-0.4, -0.2) is 163 Å². The fraction of sp³-hybridized carbons (Fsp3) is 0.541. The van der Waals surface area contributed by atoms with E-state index in [0.29, 0.717) is 20.3 Å². The lowest BCUT2D eigenvalue weighted by Gasteiger charge is -2.27. The van der Waals surface area contributed by atoms with E-state index in [1.807, 2.05) is 0 Å². The number of nitrogens with zero attached hydrogens (tertiary/aromatic N) is 7. The van der Waals surface area contributed by atoms with Gasteiger partial charge in [0, 0.05) is 110 Å². The highest BCUT2D eigenvalue weighted by Crippen LogP contribution is 2.17. The highest BCUT2D eigenvalue weighted by Gasteiger charge is 2.36.